The number of alkyl halides is 2. The highest BCUT2D eigenvalue weighted by atomic mass is 32.1. The lowest BCUT2D eigenvalue weighted by atomic mass is 10.2. The molecule has 0 unspecified atom stereocenters. The van der Waals surface area contributed by atoms with Crippen molar-refractivity contribution in [2.75, 3.05) is 10.6 Å². The molecule has 0 aliphatic rings. The third-order valence-corrected chi connectivity index (χ3v) is 4.61. The lowest BCUT2D eigenvalue weighted by molar-refractivity contribution is -0.0493. The van der Waals surface area contributed by atoms with Gasteiger partial charge in [-0.2, -0.15) is 8.78 Å². The third-order valence-electron chi connectivity index (χ3n) is 3.46. The molecular weight excluding hydrogens is 378 g/mol. The average molecular weight is 392 g/mol. The number of rotatable bonds is 6. The number of anilines is 2. The SMILES string of the molecule is Cc1cc(NC(=O)c2ccco2)sc1C(=O)Nc1ccccc1OC(F)F. The van der Waals surface area contributed by atoms with Crippen molar-refractivity contribution in [1.82, 2.24) is 0 Å². The summed E-state index contributed by atoms with van der Waals surface area (Å²) in [5.41, 5.74) is 0.747. The van der Waals surface area contributed by atoms with Gasteiger partial charge in [-0.3, -0.25) is 9.59 Å². The van der Waals surface area contributed by atoms with Gasteiger partial charge in [0.15, 0.2) is 5.76 Å². The molecule has 3 rings (SSSR count). The summed E-state index contributed by atoms with van der Waals surface area (Å²) in [6.45, 7) is -1.30. The fourth-order valence-electron chi connectivity index (χ4n) is 2.30. The number of para-hydroxylation sites is 2. The van der Waals surface area contributed by atoms with E-state index in [2.05, 4.69) is 15.4 Å². The summed E-state index contributed by atoms with van der Waals surface area (Å²) < 4.78 is 34.4. The van der Waals surface area contributed by atoms with Gasteiger partial charge in [-0.25, -0.2) is 0 Å². The second kappa shape index (κ2) is 8.00. The number of aryl methyl sites for hydroxylation is 1. The number of amides is 2. The van der Waals surface area contributed by atoms with Crippen LogP contribution in [0.15, 0.2) is 53.1 Å². The van der Waals surface area contributed by atoms with E-state index in [-0.39, 0.29) is 17.2 Å². The van der Waals surface area contributed by atoms with Crippen LogP contribution in [0.4, 0.5) is 19.5 Å². The predicted octanol–water partition coefficient (Wildman–Crippen LogP) is 4.76. The van der Waals surface area contributed by atoms with Gasteiger partial charge >= 0.3 is 6.61 Å². The maximum absolute atomic E-state index is 12.5. The van der Waals surface area contributed by atoms with Crippen molar-refractivity contribution in [2.24, 2.45) is 0 Å². The van der Waals surface area contributed by atoms with E-state index in [4.69, 9.17) is 4.42 Å². The molecule has 0 radical (unpaired) electrons. The van der Waals surface area contributed by atoms with Crippen LogP contribution in [-0.4, -0.2) is 18.4 Å². The Labute approximate surface area is 156 Å². The van der Waals surface area contributed by atoms with Crippen molar-refractivity contribution >= 4 is 33.8 Å². The number of carbonyl (C=O) groups is 2. The van der Waals surface area contributed by atoms with Crippen LogP contribution in [0.1, 0.15) is 25.8 Å². The number of furan rings is 1. The molecule has 0 saturated carbocycles. The molecule has 3 aromatic rings. The number of nitrogens with one attached hydrogen (secondary N) is 2. The number of thiophene rings is 1. The van der Waals surface area contributed by atoms with Crippen molar-refractivity contribution in [2.45, 2.75) is 13.5 Å². The Morgan fingerprint density at radius 3 is 2.59 bits per heavy atom. The standard InChI is InChI=1S/C18H14F2N2O4S/c1-10-9-14(22-16(23)13-7-4-8-25-13)27-15(10)17(24)21-11-5-2-3-6-12(11)26-18(19)20/h2-9,18H,1H3,(H,21,24)(H,22,23). The van der Waals surface area contributed by atoms with Gasteiger partial charge in [0.25, 0.3) is 11.8 Å². The molecule has 0 atom stereocenters. The molecule has 0 bridgehead atoms. The van der Waals surface area contributed by atoms with Crippen molar-refractivity contribution in [1.29, 1.82) is 0 Å². The molecule has 1 aromatic carbocycles. The molecular formula is C18H14F2N2O4S. The summed E-state index contributed by atoms with van der Waals surface area (Å²) in [5, 5.41) is 5.65. The number of hydrogen-bond acceptors (Lipinski definition) is 5. The van der Waals surface area contributed by atoms with Crippen LogP contribution in [0.2, 0.25) is 0 Å². The van der Waals surface area contributed by atoms with Gasteiger partial charge < -0.3 is 19.8 Å². The number of halogens is 2. The summed E-state index contributed by atoms with van der Waals surface area (Å²) in [6, 6.07) is 10.6. The van der Waals surface area contributed by atoms with E-state index in [1.165, 1.54) is 30.5 Å². The van der Waals surface area contributed by atoms with Crippen LogP contribution in [0.5, 0.6) is 5.75 Å². The van der Waals surface area contributed by atoms with E-state index in [0.29, 0.717) is 15.4 Å². The molecule has 2 heterocycles. The second-order valence-corrected chi connectivity index (χ2v) is 6.44. The minimum Gasteiger partial charge on any atom is -0.459 e. The van der Waals surface area contributed by atoms with E-state index < -0.39 is 18.4 Å². The van der Waals surface area contributed by atoms with Crippen LogP contribution < -0.4 is 15.4 Å². The summed E-state index contributed by atoms with van der Waals surface area (Å²) in [4.78, 5) is 24.9. The fraction of sp³-hybridized carbons (Fsp3) is 0.111. The zero-order chi connectivity index (χ0) is 19.4. The lowest BCUT2D eigenvalue weighted by Gasteiger charge is -2.11. The van der Waals surface area contributed by atoms with Crippen LogP contribution in [0.3, 0.4) is 0 Å². The molecule has 140 valence electrons. The molecule has 2 N–H and O–H groups in total. The minimum atomic E-state index is -3.00. The zero-order valence-electron chi connectivity index (χ0n) is 14.0. The molecule has 0 saturated heterocycles. The largest absolute Gasteiger partial charge is 0.459 e. The van der Waals surface area contributed by atoms with Crippen LogP contribution in [0, 0.1) is 6.92 Å². The van der Waals surface area contributed by atoms with Gasteiger partial charge in [-0.1, -0.05) is 12.1 Å². The van der Waals surface area contributed by atoms with Gasteiger partial charge in [-0.15, -0.1) is 11.3 Å². The summed E-state index contributed by atoms with van der Waals surface area (Å²) in [5.74, 6) is -0.934. The van der Waals surface area contributed by atoms with Gasteiger partial charge in [0.1, 0.15) is 5.75 Å². The summed E-state index contributed by atoms with van der Waals surface area (Å²) in [6.07, 6.45) is 1.38. The maximum atomic E-state index is 12.5. The Balaban J connectivity index is 1.74. The Kier molecular flexibility index (Phi) is 5.51. The molecule has 9 heteroatoms. The van der Waals surface area contributed by atoms with Crippen molar-refractivity contribution < 1.29 is 27.5 Å². The lowest BCUT2D eigenvalue weighted by Crippen LogP contribution is -2.13. The average Bonchev–Trinajstić information content (AvgIpc) is 3.26. The Morgan fingerprint density at radius 1 is 1.11 bits per heavy atom. The predicted molar refractivity (Wildman–Crippen MR) is 96.7 cm³/mol. The maximum Gasteiger partial charge on any atom is 0.387 e. The monoisotopic (exact) mass is 392 g/mol. The van der Waals surface area contributed by atoms with Gasteiger partial charge in [0.2, 0.25) is 0 Å². The highest BCUT2D eigenvalue weighted by Gasteiger charge is 2.18. The highest BCUT2D eigenvalue weighted by Crippen LogP contribution is 2.30. The Bertz CT molecular complexity index is 954. The molecule has 0 aliphatic heterocycles. The molecule has 27 heavy (non-hydrogen) atoms. The molecule has 2 aromatic heterocycles. The normalized spacial score (nSPS) is 10.7. The molecule has 6 nitrogen and oxygen atoms in total. The fourth-order valence-corrected chi connectivity index (χ4v) is 3.26. The van der Waals surface area contributed by atoms with Crippen LogP contribution >= 0.6 is 11.3 Å². The number of benzene rings is 1. The molecule has 2 amide bonds. The smallest absolute Gasteiger partial charge is 0.387 e. The number of carbonyl (C=O) groups excluding carboxylic acids is 2. The Hall–Kier alpha value is -3.20. The third kappa shape index (κ3) is 4.50. The first-order chi connectivity index (χ1) is 12.9. The van der Waals surface area contributed by atoms with Crippen LogP contribution in [-0.2, 0) is 0 Å². The van der Waals surface area contributed by atoms with E-state index >= 15 is 0 Å². The molecule has 0 spiro atoms. The highest BCUT2D eigenvalue weighted by molar-refractivity contribution is 7.18. The first-order valence-corrected chi connectivity index (χ1v) is 8.56. The van der Waals surface area contributed by atoms with Gasteiger partial charge in [0.05, 0.1) is 21.8 Å². The second-order valence-electron chi connectivity index (χ2n) is 5.38. The van der Waals surface area contributed by atoms with Gasteiger partial charge in [0, 0.05) is 0 Å². The Morgan fingerprint density at radius 2 is 1.89 bits per heavy atom. The van der Waals surface area contributed by atoms with E-state index in [0.717, 1.165) is 11.3 Å². The van der Waals surface area contributed by atoms with Crippen molar-refractivity contribution in [3.05, 3.63) is 64.9 Å². The first kappa shape index (κ1) is 18.6. The number of ether oxygens (including phenoxy) is 1. The summed E-state index contributed by atoms with van der Waals surface area (Å²) >= 11 is 1.06. The summed E-state index contributed by atoms with van der Waals surface area (Å²) in [7, 11) is 0. The van der Waals surface area contributed by atoms with E-state index in [1.54, 1.807) is 25.1 Å². The van der Waals surface area contributed by atoms with E-state index in [9.17, 15) is 18.4 Å². The molecule has 0 aliphatic carbocycles. The zero-order valence-corrected chi connectivity index (χ0v) is 14.8. The quantitative estimate of drug-likeness (QED) is 0.634. The minimum absolute atomic E-state index is 0.122. The van der Waals surface area contributed by atoms with E-state index in [1.807, 2.05) is 0 Å². The van der Waals surface area contributed by atoms with Crippen molar-refractivity contribution in [3.63, 3.8) is 0 Å². The topological polar surface area (TPSA) is 80.6 Å². The van der Waals surface area contributed by atoms with Crippen LogP contribution in [0.25, 0.3) is 0 Å². The first-order valence-electron chi connectivity index (χ1n) is 7.74. The van der Waals surface area contributed by atoms with Gasteiger partial charge in [-0.05, 0) is 42.8 Å². The number of hydrogen-bond donors (Lipinski definition) is 2. The van der Waals surface area contributed by atoms with Crippen molar-refractivity contribution in [3.8, 4) is 5.75 Å². The molecule has 0 fully saturated rings.